The van der Waals surface area contributed by atoms with Crippen molar-refractivity contribution in [2.75, 3.05) is 0 Å². The Bertz CT molecular complexity index is 402. The van der Waals surface area contributed by atoms with Crippen LogP contribution in [0.3, 0.4) is 0 Å². The molecule has 0 aliphatic heterocycles. The first-order valence-electron chi connectivity index (χ1n) is 6.53. The van der Waals surface area contributed by atoms with Crippen LogP contribution in [0.1, 0.15) is 40.5 Å². The van der Waals surface area contributed by atoms with Crippen LogP contribution in [0.5, 0.6) is 0 Å². The largest absolute Gasteiger partial charge is 0.349 e. The van der Waals surface area contributed by atoms with Crippen molar-refractivity contribution in [1.82, 2.24) is 0 Å². The number of rotatable bonds is 8. The van der Waals surface area contributed by atoms with Crippen LogP contribution in [0.25, 0.3) is 0 Å². The van der Waals surface area contributed by atoms with Crippen molar-refractivity contribution in [2.24, 2.45) is 16.2 Å². The molecule has 0 aromatic carbocycles. The number of carbonyl (C=O) groups is 2. The molecule has 0 saturated carbocycles. The smallest absolute Gasteiger partial charge is 0.301 e. The van der Waals surface area contributed by atoms with Crippen molar-refractivity contribution in [1.29, 1.82) is 0 Å². The molecule has 0 aliphatic carbocycles. The van der Waals surface area contributed by atoms with Crippen LogP contribution in [0.2, 0.25) is 0 Å². The van der Waals surface area contributed by atoms with Gasteiger partial charge in [0.05, 0.1) is 5.41 Å². The van der Waals surface area contributed by atoms with Gasteiger partial charge in [0.1, 0.15) is 0 Å². The molecule has 0 saturated heterocycles. The van der Waals surface area contributed by atoms with E-state index in [0.29, 0.717) is 0 Å². The van der Waals surface area contributed by atoms with Gasteiger partial charge in [-0.3, -0.25) is 0 Å². The summed E-state index contributed by atoms with van der Waals surface area (Å²) in [6, 6.07) is 0. The first kappa shape index (κ1) is 19.3. The Morgan fingerprint density at radius 1 is 1.00 bits per heavy atom. The van der Waals surface area contributed by atoms with Crippen LogP contribution >= 0.6 is 0 Å². The minimum absolute atomic E-state index is 0.0240. The normalized spacial score (nSPS) is 12.5. The molecule has 6 nitrogen and oxygen atoms in total. The summed E-state index contributed by atoms with van der Waals surface area (Å²) >= 11 is 0. The van der Waals surface area contributed by atoms with E-state index < -0.39 is 28.2 Å². The highest BCUT2D eigenvalue weighted by molar-refractivity contribution is 5.80. The summed E-state index contributed by atoms with van der Waals surface area (Å²) in [5.41, 5.74) is -2.99. The van der Waals surface area contributed by atoms with Crippen LogP contribution in [-0.4, -0.2) is 22.5 Å². The summed E-state index contributed by atoms with van der Waals surface area (Å²) in [5, 5.41) is 17.3. The van der Waals surface area contributed by atoms with Gasteiger partial charge in [-0.05, 0) is 17.3 Å². The first-order valence-corrected chi connectivity index (χ1v) is 6.53. The lowest BCUT2D eigenvalue weighted by molar-refractivity contribution is -0.258. The molecule has 0 aromatic heterocycles. The quantitative estimate of drug-likeness (QED) is 0.406. The summed E-state index contributed by atoms with van der Waals surface area (Å²) < 4.78 is 0. The Morgan fingerprint density at radius 2 is 1.43 bits per heavy atom. The lowest BCUT2D eigenvalue weighted by Gasteiger charge is -2.51. The summed E-state index contributed by atoms with van der Waals surface area (Å²) in [7, 11) is 0. The van der Waals surface area contributed by atoms with Crippen LogP contribution in [0.4, 0.5) is 0 Å². The third-order valence-electron chi connectivity index (χ3n) is 4.46. The highest BCUT2D eigenvalue weighted by Crippen LogP contribution is 2.56. The van der Waals surface area contributed by atoms with Gasteiger partial charge in [-0.2, -0.15) is 10.5 Å². The summed E-state index contributed by atoms with van der Waals surface area (Å²) in [6.07, 6.45) is 2.85. The molecule has 0 unspecified atom stereocenters. The van der Waals surface area contributed by atoms with Crippen molar-refractivity contribution >= 4 is 11.9 Å². The molecular weight excluding hydrogens is 276 g/mol. The zero-order valence-electron chi connectivity index (χ0n) is 13.0. The van der Waals surface area contributed by atoms with E-state index in [2.05, 4.69) is 22.9 Å². The Morgan fingerprint density at radius 3 is 1.71 bits per heavy atom. The lowest BCUT2D eigenvalue weighted by atomic mass is 9.51. The zero-order valence-corrected chi connectivity index (χ0v) is 13.0. The van der Waals surface area contributed by atoms with Gasteiger partial charge < -0.3 is 9.78 Å². The molecule has 21 heavy (non-hydrogen) atoms. The van der Waals surface area contributed by atoms with Crippen LogP contribution < -0.4 is 0 Å². The molecule has 0 aliphatic rings. The molecule has 0 fully saturated rings. The Balaban J connectivity index is 6.12. The van der Waals surface area contributed by atoms with E-state index in [9.17, 15) is 9.59 Å². The topological polar surface area (TPSA) is 93.1 Å². The van der Waals surface area contributed by atoms with Crippen molar-refractivity contribution < 1.29 is 29.9 Å². The zero-order chi connectivity index (χ0) is 16.9. The predicted molar refractivity (Wildman–Crippen MR) is 77.1 cm³/mol. The van der Waals surface area contributed by atoms with Crippen molar-refractivity contribution in [3.63, 3.8) is 0 Å². The fraction of sp³-hybridized carbons (Fsp3) is 0.600. The van der Waals surface area contributed by atoms with Gasteiger partial charge in [0.25, 0.3) is 0 Å². The minimum Gasteiger partial charge on any atom is -0.301 e. The third kappa shape index (κ3) is 3.33. The monoisotopic (exact) mass is 300 g/mol. The van der Waals surface area contributed by atoms with E-state index in [4.69, 9.17) is 10.5 Å². The standard InChI is InChI=1S/C15H24O6/c1-7-13(3,4)15(12(17)21-19,14(5,6)8-2)10-9-11(16)20-18/h7-8,18-19H,1-2,9-10H2,3-6H3. The molecule has 0 bridgehead atoms. The molecule has 0 amide bonds. The van der Waals surface area contributed by atoms with Gasteiger partial charge in [-0.1, -0.05) is 39.8 Å². The Hall–Kier alpha value is -1.66. The minimum atomic E-state index is -1.33. The van der Waals surface area contributed by atoms with Crippen molar-refractivity contribution in [3.8, 4) is 0 Å². The van der Waals surface area contributed by atoms with Crippen LogP contribution in [0, 0.1) is 16.2 Å². The van der Waals surface area contributed by atoms with E-state index in [1.807, 2.05) is 0 Å². The van der Waals surface area contributed by atoms with E-state index in [-0.39, 0.29) is 12.8 Å². The first-order chi connectivity index (χ1) is 9.56. The summed E-state index contributed by atoms with van der Waals surface area (Å²) in [4.78, 5) is 31.3. The average Bonchev–Trinajstić information content (AvgIpc) is 2.46. The van der Waals surface area contributed by atoms with Gasteiger partial charge in [0.2, 0.25) is 0 Å². The molecule has 120 valence electrons. The lowest BCUT2D eigenvalue weighted by Crippen LogP contribution is -2.54. The molecule has 0 atom stereocenters. The van der Waals surface area contributed by atoms with Gasteiger partial charge >= 0.3 is 11.9 Å². The van der Waals surface area contributed by atoms with E-state index in [1.54, 1.807) is 39.8 Å². The maximum Gasteiger partial charge on any atom is 0.349 e. The summed E-state index contributed by atoms with van der Waals surface area (Å²) in [5.74, 6) is -1.78. The molecule has 2 N–H and O–H groups in total. The summed E-state index contributed by atoms with van der Waals surface area (Å²) in [6.45, 7) is 14.4. The second kappa shape index (κ2) is 6.87. The molecule has 0 rings (SSSR count). The fourth-order valence-corrected chi connectivity index (χ4v) is 2.86. The third-order valence-corrected chi connectivity index (χ3v) is 4.46. The molecular formula is C15H24O6. The highest BCUT2D eigenvalue weighted by atomic mass is 17.1. The van der Waals surface area contributed by atoms with E-state index in [1.165, 1.54) is 0 Å². The van der Waals surface area contributed by atoms with Gasteiger partial charge in [0, 0.05) is 6.42 Å². The molecule has 0 spiro atoms. The van der Waals surface area contributed by atoms with Gasteiger partial charge in [0.15, 0.2) is 0 Å². The van der Waals surface area contributed by atoms with Gasteiger partial charge in [-0.15, -0.1) is 13.2 Å². The number of allylic oxidation sites excluding steroid dienone is 2. The Labute approximate surface area is 124 Å². The molecule has 0 aromatic rings. The molecule has 0 radical (unpaired) electrons. The van der Waals surface area contributed by atoms with Crippen LogP contribution in [0.15, 0.2) is 25.3 Å². The average molecular weight is 300 g/mol. The van der Waals surface area contributed by atoms with Crippen molar-refractivity contribution in [3.05, 3.63) is 25.3 Å². The highest BCUT2D eigenvalue weighted by Gasteiger charge is 2.59. The number of hydrogen-bond acceptors (Lipinski definition) is 6. The fourth-order valence-electron chi connectivity index (χ4n) is 2.86. The second-order valence-electron chi connectivity index (χ2n) is 6.10. The SMILES string of the molecule is C=CC(C)(C)C(CCC(=O)OO)(C(=O)OO)C(C)(C)C=C. The molecule has 0 heterocycles. The maximum atomic E-state index is 12.4. The molecule has 6 heteroatoms. The van der Waals surface area contributed by atoms with Crippen molar-refractivity contribution in [2.45, 2.75) is 40.5 Å². The predicted octanol–water partition coefficient (Wildman–Crippen LogP) is 3.21. The van der Waals surface area contributed by atoms with E-state index in [0.717, 1.165) is 0 Å². The number of hydrogen-bond donors (Lipinski definition) is 2. The van der Waals surface area contributed by atoms with Gasteiger partial charge in [-0.25, -0.2) is 9.59 Å². The maximum absolute atomic E-state index is 12.4. The number of carbonyl (C=O) groups excluding carboxylic acids is 2. The van der Waals surface area contributed by atoms with E-state index >= 15 is 0 Å². The van der Waals surface area contributed by atoms with Crippen LogP contribution in [-0.2, 0) is 19.4 Å². The second-order valence-corrected chi connectivity index (χ2v) is 6.10. The Kier molecular flexibility index (Phi) is 6.32.